The number of nitrogens with zero attached hydrogens (tertiary/aromatic N) is 3. The monoisotopic (exact) mass is 439 g/mol. The molecule has 4 rings (SSSR count). The van der Waals surface area contributed by atoms with Crippen LogP contribution < -0.4 is 4.74 Å². The van der Waals surface area contributed by atoms with Gasteiger partial charge in [0.05, 0.1) is 23.3 Å². The number of methoxy groups -OCH3 is 1. The van der Waals surface area contributed by atoms with E-state index < -0.39 is 6.09 Å². The third-order valence-corrected chi connectivity index (χ3v) is 5.87. The van der Waals surface area contributed by atoms with Crippen LogP contribution in [0.5, 0.6) is 5.75 Å². The van der Waals surface area contributed by atoms with Crippen LogP contribution in [-0.4, -0.2) is 64.7 Å². The molecule has 1 saturated heterocycles. The number of pyridine rings is 1. The molecule has 2 amide bonds. The van der Waals surface area contributed by atoms with Gasteiger partial charge in [-0.1, -0.05) is 17.7 Å². The molecule has 0 aliphatic carbocycles. The van der Waals surface area contributed by atoms with Crippen LogP contribution in [0.15, 0.2) is 48.5 Å². The molecule has 0 unspecified atom stereocenters. The van der Waals surface area contributed by atoms with Gasteiger partial charge in [-0.15, -0.1) is 0 Å². The van der Waals surface area contributed by atoms with Gasteiger partial charge in [0.1, 0.15) is 5.75 Å². The molecule has 3 aromatic rings. The van der Waals surface area contributed by atoms with Crippen LogP contribution in [-0.2, 0) is 0 Å². The van der Waals surface area contributed by atoms with Crippen LogP contribution in [0.25, 0.3) is 22.2 Å². The number of carbonyl (C=O) groups is 2. The van der Waals surface area contributed by atoms with Gasteiger partial charge < -0.3 is 19.6 Å². The maximum Gasteiger partial charge on any atom is 0.407 e. The normalized spacial score (nSPS) is 16.4. The van der Waals surface area contributed by atoms with Crippen molar-refractivity contribution in [1.29, 1.82) is 0 Å². The second-order valence-corrected chi connectivity index (χ2v) is 7.93. The highest BCUT2D eigenvalue weighted by molar-refractivity contribution is 6.35. The fraction of sp³-hybridized carbons (Fsp3) is 0.261. The Balaban J connectivity index is 1.63. The van der Waals surface area contributed by atoms with E-state index in [0.717, 1.165) is 16.7 Å². The fourth-order valence-electron chi connectivity index (χ4n) is 3.84. The summed E-state index contributed by atoms with van der Waals surface area (Å²) in [5.74, 6) is 0.604. The van der Waals surface area contributed by atoms with Crippen molar-refractivity contribution in [2.45, 2.75) is 13.0 Å². The second kappa shape index (κ2) is 8.43. The van der Waals surface area contributed by atoms with E-state index in [-0.39, 0.29) is 11.9 Å². The number of benzene rings is 2. The molecule has 1 fully saturated rings. The largest absolute Gasteiger partial charge is 0.497 e. The second-order valence-electron chi connectivity index (χ2n) is 7.53. The van der Waals surface area contributed by atoms with Crippen LogP contribution in [0.2, 0.25) is 5.02 Å². The number of carbonyl (C=O) groups excluding carboxylic acids is 1. The number of carboxylic acid groups (broad SMARTS) is 1. The smallest absolute Gasteiger partial charge is 0.407 e. The predicted molar refractivity (Wildman–Crippen MR) is 119 cm³/mol. The number of hydrogen-bond donors (Lipinski definition) is 1. The quantitative estimate of drug-likeness (QED) is 0.654. The molecule has 1 aliphatic heterocycles. The third-order valence-electron chi connectivity index (χ3n) is 5.55. The van der Waals surface area contributed by atoms with Gasteiger partial charge in [-0.3, -0.25) is 4.79 Å². The van der Waals surface area contributed by atoms with Gasteiger partial charge in [-0.05, 0) is 49.4 Å². The van der Waals surface area contributed by atoms with Crippen molar-refractivity contribution >= 4 is 34.5 Å². The molecule has 0 bridgehead atoms. The van der Waals surface area contributed by atoms with Gasteiger partial charge in [0.2, 0.25) is 0 Å². The molecule has 0 spiro atoms. The van der Waals surface area contributed by atoms with Gasteiger partial charge >= 0.3 is 6.09 Å². The van der Waals surface area contributed by atoms with Crippen molar-refractivity contribution in [2.75, 3.05) is 26.7 Å². The number of halogens is 1. The van der Waals surface area contributed by atoms with E-state index in [4.69, 9.17) is 21.3 Å². The zero-order valence-corrected chi connectivity index (χ0v) is 18.0. The fourth-order valence-corrected chi connectivity index (χ4v) is 4.10. The van der Waals surface area contributed by atoms with Crippen molar-refractivity contribution in [3.8, 4) is 17.0 Å². The van der Waals surface area contributed by atoms with Crippen LogP contribution >= 0.6 is 11.6 Å². The van der Waals surface area contributed by atoms with Gasteiger partial charge in [0, 0.05) is 42.2 Å². The van der Waals surface area contributed by atoms with Gasteiger partial charge in [-0.25, -0.2) is 9.78 Å². The van der Waals surface area contributed by atoms with Crippen LogP contribution in [0.3, 0.4) is 0 Å². The summed E-state index contributed by atoms with van der Waals surface area (Å²) in [5, 5.41) is 10.6. The first-order valence-electron chi connectivity index (χ1n) is 9.91. The van der Waals surface area contributed by atoms with Gasteiger partial charge in [0.25, 0.3) is 5.91 Å². The first-order chi connectivity index (χ1) is 14.9. The molecule has 2 aromatic carbocycles. The lowest BCUT2D eigenvalue weighted by Crippen LogP contribution is -2.55. The van der Waals surface area contributed by atoms with Crippen molar-refractivity contribution in [1.82, 2.24) is 14.8 Å². The van der Waals surface area contributed by atoms with Crippen molar-refractivity contribution < 1.29 is 19.4 Å². The molecular weight excluding hydrogens is 418 g/mol. The van der Waals surface area contributed by atoms with Gasteiger partial charge in [0.15, 0.2) is 0 Å². The number of amides is 2. The van der Waals surface area contributed by atoms with E-state index in [1.165, 1.54) is 4.90 Å². The zero-order valence-electron chi connectivity index (χ0n) is 17.2. The Morgan fingerprint density at radius 2 is 1.87 bits per heavy atom. The van der Waals surface area contributed by atoms with Gasteiger partial charge in [-0.2, -0.15) is 0 Å². The van der Waals surface area contributed by atoms with Crippen LogP contribution in [0, 0.1) is 0 Å². The average molecular weight is 440 g/mol. The van der Waals surface area contributed by atoms with E-state index in [9.17, 15) is 14.7 Å². The summed E-state index contributed by atoms with van der Waals surface area (Å²) in [7, 11) is 1.61. The van der Waals surface area contributed by atoms with Crippen molar-refractivity contribution in [3.63, 3.8) is 0 Å². The first kappa shape index (κ1) is 20.9. The molecule has 0 radical (unpaired) electrons. The number of rotatable bonds is 3. The van der Waals surface area contributed by atoms with Crippen molar-refractivity contribution in [2.24, 2.45) is 0 Å². The topological polar surface area (TPSA) is 83.0 Å². The number of aromatic nitrogens is 1. The van der Waals surface area contributed by atoms with Crippen LogP contribution in [0.4, 0.5) is 4.79 Å². The summed E-state index contributed by atoms with van der Waals surface area (Å²) in [4.78, 5) is 32.1. The molecule has 1 N–H and O–H groups in total. The summed E-state index contributed by atoms with van der Waals surface area (Å²) in [6.45, 7) is 2.80. The Kier molecular flexibility index (Phi) is 5.69. The van der Waals surface area contributed by atoms with E-state index in [1.807, 2.05) is 24.3 Å². The van der Waals surface area contributed by atoms with E-state index >= 15 is 0 Å². The number of ether oxygens (including phenoxy) is 1. The van der Waals surface area contributed by atoms with Crippen molar-refractivity contribution in [3.05, 3.63) is 59.1 Å². The lowest BCUT2D eigenvalue weighted by atomic mass is 10.1. The number of piperazine rings is 1. The zero-order chi connectivity index (χ0) is 22.1. The molecule has 1 aliphatic rings. The molecule has 2 heterocycles. The SMILES string of the molecule is COc1ccc(-c2cc(Cl)c3ccc(C(=O)N4CCN(C(=O)O)[C@H](C)C4)cc3n2)cc1. The summed E-state index contributed by atoms with van der Waals surface area (Å²) < 4.78 is 5.20. The van der Waals surface area contributed by atoms with Crippen LogP contribution in [0.1, 0.15) is 17.3 Å². The highest BCUT2D eigenvalue weighted by Crippen LogP contribution is 2.30. The Bertz CT molecular complexity index is 1150. The molecule has 1 aromatic heterocycles. The highest BCUT2D eigenvalue weighted by Gasteiger charge is 2.30. The summed E-state index contributed by atoms with van der Waals surface area (Å²) in [5.41, 5.74) is 2.72. The average Bonchev–Trinajstić information content (AvgIpc) is 2.77. The maximum absolute atomic E-state index is 13.1. The number of hydrogen-bond acceptors (Lipinski definition) is 4. The Morgan fingerprint density at radius 3 is 2.52 bits per heavy atom. The van der Waals surface area contributed by atoms with E-state index in [0.29, 0.717) is 41.4 Å². The van der Waals surface area contributed by atoms with E-state index in [1.54, 1.807) is 43.2 Å². The molecule has 31 heavy (non-hydrogen) atoms. The summed E-state index contributed by atoms with van der Waals surface area (Å²) in [6.07, 6.45) is -0.963. The molecule has 8 heteroatoms. The minimum absolute atomic E-state index is 0.147. The standard InChI is InChI=1S/C23H22ClN3O4/c1-14-13-26(9-10-27(14)23(29)30)22(28)16-5-8-18-19(24)12-20(25-21(18)11-16)15-3-6-17(31-2)7-4-15/h3-8,11-12,14H,9-10,13H2,1-2H3,(H,29,30)/t14-/m1/s1. The molecular formula is C23H22ClN3O4. The minimum Gasteiger partial charge on any atom is -0.497 e. The lowest BCUT2D eigenvalue weighted by Gasteiger charge is -2.38. The first-order valence-corrected chi connectivity index (χ1v) is 10.3. The summed E-state index contributed by atoms with van der Waals surface area (Å²) in [6, 6.07) is 14.3. The molecule has 0 saturated carbocycles. The van der Waals surface area contributed by atoms with E-state index in [2.05, 4.69) is 0 Å². The third kappa shape index (κ3) is 4.14. The summed E-state index contributed by atoms with van der Waals surface area (Å²) >= 11 is 6.49. The lowest BCUT2D eigenvalue weighted by molar-refractivity contribution is 0.0507. The number of fused-ring (bicyclic) bond motifs is 1. The highest BCUT2D eigenvalue weighted by atomic mass is 35.5. The maximum atomic E-state index is 13.1. The Morgan fingerprint density at radius 1 is 1.13 bits per heavy atom. The minimum atomic E-state index is -0.963. The Labute approximate surface area is 184 Å². The Hall–Kier alpha value is -3.32. The molecule has 160 valence electrons. The molecule has 7 nitrogen and oxygen atoms in total. The predicted octanol–water partition coefficient (Wildman–Crippen LogP) is 4.39. The molecule has 1 atom stereocenters.